The fourth-order valence-electron chi connectivity index (χ4n) is 3.18. The number of carbonyl (C=O) groups is 2. The van der Waals surface area contributed by atoms with Gasteiger partial charge in [-0.1, -0.05) is 6.08 Å². The molecule has 19 heavy (non-hydrogen) atoms. The zero-order valence-corrected chi connectivity index (χ0v) is 12.0. The fraction of sp³-hybridized carbons (Fsp3) is 0.733. The first-order valence-electron chi connectivity index (χ1n) is 6.93. The standard InChI is InChI=1S/C15H23NO3/c1-5-6-11-12-9-16(8-10(12)7-13(11)17)14(18)19-15(2,3)4/h5,10-12H,1,6-9H2,2-4H3/t10-,11?,12+/m0/s1. The first-order valence-corrected chi connectivity index (χ1v) is 6.93. The summed E-state index contributed by atoms with van der Waals surface area (Å²) in [7, 11) is 0. The van der Waals surface area contributed by atoms with Crippen LogP contribution in [0.2, 0.25) is 0 Å². The lowest BCUT2D eigenvalue weighted by Gasteiger charge is -2.25. The van der Waals surface area contributed by atoms with Gasteiger partial charge in [0, 0.05) is 25.4 Å². The highest BCUT2D eigenvalue weighted by Crippen LogP contribution is 2.42. The monoisotopic (exact) mass is 265 g/mol. The minimum Gasteiger partial charge on any atom is -0.444 e. The second-order valence-corrected chi connectivity index (χ2v) is 6.61. The predicted octanol–water partition coefficient (Wildman–Crippen LogP) is 2.63. The smallest absolute Gasteiger partial charge is 0.410 e. The van der Waals surface area contributed by atoms with Crippen LogP contribution in [-0.2, 0) is 9.53 Å². The van der Waals surface area contributed by atoms with Crippen LogP contribution >= 0.6 is 0 Å². The number of allylic oxidation sites excluding steroid dienone is 1. The Labute approximate surface area is 114 Å². The van der Waals surface area contributed by atoms with E-state index in [1.54, 1.807) is 11.0 Å². The quantitative estimate of drug-likeness (QED) is 0.721. The van der Waals surface area contributed by atoms with E-state index in [2.05, 4.69) is 6.58 Å². The lowest BCUT2D eigenvalue weighted by Crippen LogP contribution is -2.36. The molecule has 106 valence electrons. The Kier molecular flexibility index (Phi) is 3.70. The third-order valence-corrected chi connectivity index (χ3v) is 3.96. The number of amides is 1. The van der Waals surface area contributed by atoms with E-state index in [4.69, 9.17) is 4.74 Å². The Balaban J connectivity index is 1.99. The highest BCUT2D eigenvalue weighted by atomic mass is 16.6. The van der Waals surface area contributed by atoms with Gasteiger partial charge in [0.05, 0.1) is 0 Å². The summed E-state index contributed by atoms with van der Waals surface area (Å²) >= 11 is 0. The second-order valence-electron chi connectivity index (χ2n) is 6.61. The average molecular weight is 265 g/mol. The van der Waals surface area contributed by atoms with Gasteiger partial charge in [-0.2, -0.15) is 0 Å². The minimum absolute atomic E-state index is 0.0509. The molecule has 1 aliphatic heterocycles. The third kappa shape index (κ3) is 2.99. The van der Waals surface area contributed by atoms with Crippen molar-refractivity contribution in [1.29, 1.82) is 0 Å². The molecule has 0 radical (unpaired) electrons. The normalized spacial score (nSPS) is 30.4. The molecule has 1 heterocycles. The summed E-state index contributed by atoms with van der Waals surface area (Å²) in [5.74, 6) is 0.983. The lowest BCUT2D eigenvalue weighted by atomic mass is 9.90. The van der Waals surface area contributed by atoms with Crippen LogP contribution in [0.5, 0.6) is 0 Å². The van der Waals surface area contributed by atoms with Crippen molar-refractivity contribution in [3.05, 3.63) is 12.7 Å². The highest BCUT2D eigenvalue weighted by Gasteiger charge is 2.48. The summed E-state index contributed by atoms with van der Waals surface area (Å²) in [6, 6.07) is 0. The molecule has 0 bridgehead atoms. The topological polar surface area (TPSA) is 46.6 Å². The van der Waals surface area contributed by atoms with Crippen molar-refractivity contribution in [3.63, 3.8) is 0 Å². The number of Topliss-reactive ketones (excluding diaryl/α,β-unsaturated/α-hetero) is 1. The number of ketones is 1. The number of carbonyl (C=O) groups excluding carboxylic acids is 2. The SMILES string of the molecule is C=CCC1C(=O)C[C@H]2CN(C(=O)OC(C)(C)C)C[C@@H]12. The van der Waals surface area contributed by atoms with E-state index < -0.39 is 5.60 Å². The summed E-state index contributed by atoms with van der Waals surface area (Å²) in [4.78, 5) is 25.7. The molecule has 0 aromatic heterocycles. The van der Waals surface area contributed by atoms with Crippen LogP contribution in [0, 0.1) is 17.8 Å². The maximum absolute atomic E-state index is 12.0. The molecular formula is C15H23NO3. The van der Waals surface area contributed by atoms with Crippen LogP contribution in [0.25, 0.3) is 0 Å². The predicted molar refractivity (Wildman–Crippen MR) is 72.7 cm³/mol. The molecular weight excluding hydrogens is 242 g/mol. The fourth-order valence-corrected chi connectivity index (χ4v) is 3.18. The van der Waals surface area contributed by atoms with Crippen LogP contribution in [0.4, 0.5) is 4.79 Å². The zero-order chi connectivity index (χ0) is 14.2. The molecule has 2 aliphatic rings. The largest absolute Gasteiger partial charge is 0.444 e. The summed E-state index contributed by atoms with van der Waals surface area (Å²) in [5.41, 5.74) is -0.467. The molecule has 1 unspecified atom stereocenters. The number of ether oxygens (including phenoxy) is 1. The molecule has 1 aliphatic carbocycles. The molecule has 1 amide bonds. The van der Waals surface area contributed by atoms with Gasteiger partial charge in [0.2, 0.25) is 0 Å². The first-order chi connectivity index (χ1) is 8.81. The van der Waals surface area contributed by atoms with Crippen molar-refractivity contribution in [1.82, 2.24) is 4.90 Å². The van der Waals surface area contributed by atoms with Crippen LogP contribution < -0.4 is 0 Å². The first kappa shape index (κ1) is 14.1. The van der Waals surface area contributed by atoms with E-state index in [0.29, 0.717) is 31.2 Å². The third-order valence-electron chi connectivity index (χ3n) is 3.96. The molecule has 0 aromatic carbocycles. The summed E-state index contributed by atoms with van der Waals surface area (Å²) in [5, 5.41) is 0. The van der Waals surface area contributed by atoms with Gasteiger partial charge in [0.1, 0.15) is 11.4 Å². The highest BCUT2D eigenvalue weighted by molar-refractivity contribution is 5.84. The van der Waals surface area contributed by atoms with Crippen LogP contribution in [0.1, 0.15) is 33.6 Å². The Bertz CT molecular complexity index is 397. The maximum Gasteiger partial charge on any atom is 0.410 e. The maximum atomic E-state index is 12.0. The van der Waals surface area contributed by atoms with Gasteiger partial charge in [-0.25, -0.2) is 4.79 Å². The number of hydrogen-bond donors (Lipinski definition) is 0. The van der Waals surface area contributed by atoms with E-state index in [1.807, 2.05) is 20.8 Å². The van der Waals surface area contributed by atoms with Crippen molar-refractivity contribution in [2.75, 3.05) is 13.1 Å². The van der Waals surface area contributed by atoms with Gasteiger partial charge < -0.3 is 9.64 Å². The molecule has 2 rings (SSSR count). The van der Waals surface area contributed by atoms with Crippen LogP contribution in [0.3, 0.4) is 0 Å². The molecule has 3 atom stereocenters. The van der Waals surface area contributed by atoms with Gasteiger partial charge in [-0.3, -0.25) is 4.79 Å². The lowest BCUT2D eigenvalue weighted by molar-refractivity contribution is -0.121. The van der Waals surface area contributed by atoms with E-state index >= 15 is 0 Å². The molecule has 1 saturated carbocycles. The van der Waals surface area contributed by atoms with Crippen molar-refractivity contribution in [3.8, 4) is 0 Å². The molecule has 1 saturated heterocycles. The van der Waals surface area contributed by atoms with E-state index in [1.165, 1.54) is 0 Å². The summed E-state index contributed by atoms with van der Waals surface area (Å²) < 4.78 is 5.39. The Hall–Kier alpha value is -1.32. The van der Waals surface area contributed by atoms with Gasteiger partial charge >= 0.3 is 6.09 Å². The Morgan fingerprint density at radius 1 is 1.47 bits per heavy atom. The molecule has 0 aromatic rings. The summed E-state index contributed by atoms with van der Waals surface area (Å²) in [6.07, 6.45) is 2.87. The number of nitrogens with zero attached hydrogens (tertiary/aromatic N) is 1. The van der Waals surface area contributed by atoms with Crippen molar-refractivity contribution in [2.45, 2.75) is 39.2 Å². The van der Waals surface area contributed by atoms with E-state index in [9.17, 15) is 9.59 Å². The average Bonchev–Trinajstić information content (AvgIpc) is 2.77. The van der Waals surface area contributed by atoms with Crippen LogP contribution in [-0.4, -0.2) is 35.5 Å². The molecule has 0 spiro atoms. The van der Waals surface area contributed by atoms with E-state index in [0.717, 1.165) is 6.42 Å². The number of fused-ring (bicyclic) bond motifs is 1. The molecule has 0 N–H and O–H groups in total. The number of likely N-dealkylation sites (tertiary alicyclic amines) is 1. The van der Waals surface area contributed by atoms with Crippen LogP contribution in [0.15, 0.2) is 12.7 Å². The number of hydrogen-bond acceptors (Lipinski definition) is 3. The van der Waals surface area contributed by atoms with Crippen molar-refractivity contribution in [2.24, 2.45) is 17.8 Å². The van der Waals surface area contributed by atoms with E-state index in [-0.39, 0.29) is 17.9 Å². The Morgan fingerprint density at radius 2 is 2.16 bits per heavy atom. The van der Waals surface area contributed by atoms with Gasteiger partial charge in [0.15, 0.2) is 0 Å². The minimum atomic E-state index is -0.467. The van der Waals surface area contributed by atoms with Gasteiger partial charge in [-0.15, -0.1) is 6.58 Å². The molecule has 2 fully saturated rings. The second kappa shape index (κ2) is 4.99. The molecule has 4 heteroatoms. The molecule has 4 nitrogen and oxygen atoms in total. The number of rotatable bonds is 2. The summed E-state index contributed by atoms with van der Waals surface area (Å²) in [6.45, 7) is 10.6. The van der Waals surface area contributed by atoms with Gasteiger partial charge in [-0.05, 0) is 39.0 Å². The zero-order valence-electron chi connectivity index (χ0n) is 12.0. The van der Waals surface area contributed by atoms with Gasteiger partial charge in [0.25, 0.3) is 0 Å². The van der Waals surface area contributed by atoms with Crippen molar-refractivity contribution >= 4 is 11.9 Å². The van der Waals surface area contributed by atoms with Crippen molar-refractivity contribution < 1.29 is 14.3 Å². The Morgan fingerprint density at radius 3 is 2.74 bits per heavy atom.